The van der Waals surface area contributed by atoms with Crippen LogP contribution in [0.1, 0.15) is 71.4 Å². The fourth-order valence-corrected chi connectivity index (χ4v) is 9.54. The maximum Gasteiger partial charge on any atom is 0.410 e. The Morgan fingerprint density at radius 3 is 2.37 bits per heavy atom. The van der Waals surface area contributed by atoms with Gasteiger partial charge in [-0.05, 0) is 99.4 Å². The average molecular weight is 762 g/mol. The summed E-state index contributed by atoms with van der Waals surface area (Å²) in [4.78, 5) is 29.5. The molecule has 4 aliphatic rings. The monoisotopic (exact) mass is 761 g/mol. The minimum atomic E-state index is -0.613. The van der Waals surface area contributed by atoms with Gasteiger partial charge in [-0.3, -0.25) is 9.80 Å². The topological polar surface area (TPSA) is 80.3 Å². The van der Waals surface area contributed by atoms with Gasteiger partial charge in [-0.1, -0.05) is 43.6 Å². The molecule has 54 heavy (non-hydrogen) atoms. The maximum atomic E-state index is 17.4. The minimum absolute atomic E-state index is 0.0813. The molecule has 4 bridgehead atoms. The van der Waals surface area contributed by atoms with Crippen LogP contribution >= 0.6 is 11.6 Å². The molecule has 5 atom stereocenters. The average Bonchev–Trinajstić information content (AvgIpc) is 3.49. The number of halogens is 3. The third-order valence-electron chi connectivity index (χ3n) is 11.6. The zero-order chi connectivity index (χ0) is 38.1. The van der Waals surface area contributed by atoms with Gasteiger partial charge in [-0.2, -0.15) is 9.97 Å². The van der Waals surface area contributed by atoms with Gasteiger partial charge in [0.2, 0.25) is 0 Å². The van der Waals surface area contributed by atoms with Crippen LogP contribution in [0, 0.1) is 24.5 Å². The fraction of sp³-hybridized carbons (Fsp3) is 0.548. The van der Waals surface area contributed by atoms with E-state index in [9.17, 15) is 4.79 Å². The van der Waals surface area contributed by atoms with Crippen molar-refractivity contribution < 1.29 is 27.8 Å². The van der Waals surface area contributed by atoms with E-state index in [0.717, 1.165) is 56.4 Å². The third kappa shape index (κ3) is 6.85. The van der Waals surface area contributed by atoms with Crippen LogP contribution in [-0.2, 0) is 15.9 Å². The van der Waals surface area contributed by atoms with Gasteiger partial charge in [-0.15, -0.1) is 0 Å². The lowest BCUT2D eigenvalue weighted by Gasteiger charge is -2.42. The van der Waals surface area contributed by atoms with Crippen LogP contribution in [0.4, 0.5) is 19.4 Å². The predicted molar refractivity (Wildman–Crippen MR) is 208 cm³/mol. The molecule has 4 fully saturated rings. The van der Waals surface area contributed by atoms with E-state index in [1.54, 1.807) is 12.1 Å². The Labute approximate surface area is 320 Å². The molecular formula is C42H50ClF2N5O4. The third-order valence-corrected chi connectivity index (χ3v) is 11.9. The standard InChI is InChI=1S/C42H50ClF2N5O4/c1-7-30-34(44)13-8-25-14-23(2)15-31(35(25)30)36-33(43)16-32-38(37(36)45)46-40(53-20-24(3)17-49-28-11-12-29(49)22-52-21-28)47-39(32)48-18-26-9-10-27(19-48)50(26)41(51)54-42(4,5)6/h8,13-16,24,26-29H,7,9-12,17-22H2,1-6H3/t24-,26?,27?,28?,29?/m1/s1. The van der Waals surface area contributed by atoms with Crippen LogP contribution in [0.2, 0.25) is 5.02 Å². The van der Waals surface area contributed by atoms with Crippen molar-refractivity contribution in [2.24, 2.45) is 5.92 Å². The van der Waals surface area contributed by atoms with Crippen molar-refractivity contribution in [3.63, 3.8) is 0 Å². The summed E-state index contributed by atoms with van der Waals surface area (Å²) in [7, 11) is 0. The number of aryl methyl sites for hydroxylation is 2. The van der Waals surface area contributed by atoms with Gasteiger partial charge in [0.25, 0.3) is 0 Å². The van der Waals surface area contributed by atoms with Crippen molar-refractivity contribution >= 4 is 45.2 Å². The van der Waals surface area contributed by atoms with Crippen LogP contribution in [0.3, 0.4) is 0 Å². The molecule has 0 aliphatic carbocycles. The molecule has 8 rings (SSSR count). The zero-order valence-electron chi connectivity index (χ0n) is 32.1. The van der Waals surface area contributed by atoms with Crippen LogP contribution in [-0.4, -0.2) is 95.1 Å². The number of morpholine rings is 1. The summed E-state index contributed by atoms with van der Waals surface area (Å²) in [5.41, 5.74) is 1.56. The lowest BCUT2D eigenvalue weighted by Crippen LogP contribution is -2.57. The molecule has 9 nitrogen and oxygen atoms in total. The Balaban J connectivity index is 1.19. The van der Waals surface area contributed by atoms with Crippen LogP contribution in [0.15, 0.2) is 30.3 Å². The first-order valence-electron chi connectivity index (χ1n) is 19.4. The number of benzene rings is 3. The maximum absolute atomic E-state index is 17.4. The van der Waals surface area contributed by atoms with Gasteiger partial charge in [0.15, 0.2) is 5.82 Å². The molecule has 1 amide bonds. The highest BCUT2D eigenvalue weighted by atomic mass is 35.5. The van der Waals surface area contributed by atoms with E-state index in [1.165, 1.54) is 6.07 Å². The summed E-state index contributed by atoms with van der Waals surface area (Å²) in [5, 5.41) is 2.08. The van der Waals surface area contributed by atoms with Crippen molar-refractivity contribution in [1.29, 1.82) is 0 Å². The summed E-state index contributed by atoms with van der Waals surface area (Å²) in [6.45, 7) is 15.3. The van der Waals surface area contributed by atoms with Crippen LogP contribution in [0.25, 0.3) is 32.8 Å². The van der Waals surface area contributed by atoms with Gasteiger partial charge in [-0.25, -0.2) is 13.6 Å². The van der Waals surface area contributed by atoms with Gasteiger partial charge in [0.05, 0.1) is 36.9 Å². The highest BCUT2D eigenvalue weighted by molar-refractivity contribution is 6.35. The van der Waals surface area contributed by atoms with E-state index in [0.29, 0.717) is 65.9 Å². The van der Waals surface area contributed by atoms with Gasteiger partial charge < -0.3 is 19.1 Å². The fourth-order valence-electron chi connectivity index (χ4n) is 9.25. The second-order valence-electron chi connectivity index (χ2n) is 16.8. The number of nitrogens with zero attached hydrogens (tertiary/aromatic N) is 5. The molecule has 0 N–H and O–H groups in total. The number of aromatic nitrogens is 2. The summed E-state index contributed by atoms with van der Waals surface area (Å²) < 4.78 is 50.6. The number of carbonyl (C=O) groups is 1. The molecule has 4 saturated heterocycles. The molecular weight excluding hydrogens is 712 g/mol. The van der Waals surface area contributed by atoms with Gasteiger partial charge >= 0.3 is 12.1 Å². The number of carbonyl (C=O) groups excluding carboxylic acids is 1. The Kier molecular flexibility index (Phi) is 9.88. The van der Waals surface area contributed by atoms with Crippen molar-refractivity contribution in [1.82, 2.24) is 19.8 Å². The molecule has 5 heterocycles. The molecule has 3 aromatic carbocycles. The molecule has 1 aromatic heterocycles. The first kappa shape index (κ1) is 37.1. The Bertz CT molecular complexity index is 2080. The van der Waals surface area contributed by atoms with E-state index < -0.39 is 11.4 Å². The lowest BCUT2D eigenvalue weighted by molar-refractivity contribution is -0.0229. The molecule has 4 unspecified atom stereocenters. The second-order valence-corrected chi connectivity index (χ2v) is 17.2. The van der Waals surface area contributed by atoms with Crippen molar-refractivity contribution in [2.75, 3.05) is 44.4 Å². The lowest BCUT2D eigenvalue weighted by atomic mass is 9.90. The number of hydrogen-bond acceptors (Lipinski definition) is 8. The minimum Gasteiger partial charge on any atom is -0.463 e. The normalized spacial score (nSPS) is 23.4. The molecule has 0 saturated carbocycles. The summed E-state index contributed by atoms with van der Waals surface area (Å²) in [6.07, 6.45) is 4.04. The van der Waals surface area contributed by atoms with E-state index >= 15 is 8.78 Å². The molecule has 12 heteroatoms. The molecule has 288 valence electrons. The van der Waals surface area contributed by atoms with Gasteiger partial charge in [0.1, 0.15) is 22.8 Å². The highest BCUT2D eigenvalue weighted by Crippen LogP contribution is 2.44. The quantitative estimate of drug-likeness (QED) is 0.177. The van der Waals surface area contributed by atoms with E-state index in [-0.39, 0.29) is 52.0 Å². The van der Waals surface area contributed by atoms with Gasteiger partial charge in [0, 0.05) is 48.6 Å². The van der Waals surface area contributed by atoms with Crippen molar-refractivity contribution in [2.45, 2.75) is 103 Å². The number of rotatable bonds is 8. The smallest absolute Gasteiger partial charge is 0.410 e. The highest BCUT2D eigenvalue weighted by Gasteiger charge is 2.45. The number of fused-ring (bicyclic) bond motifs is 6. The summed E-state index contributed by atoms with van der Waals surface area (Å²) >= 11 is 7.08. The van der Waals surface area contributed by atoms with Crippen molar-refractivity contribution in [3.8, 4) is 17.1 Å². The zero-order valence-corrected chi connectivity index (χ0v) is 32.8. The van der Waals surface area contributed by atoms with Crippen molar-refractivity contribution in [3.05, 3.63) is 58.1 Å². The predicted octanol–water partition coefficient (Wildman–Crippen LogP) is 8.72. The first-order chi connectivity index (χ1) is 25.8. The molecule has 0 spiro atoms. The number of piperazine rings is 1. The molecule has 4 aromatic rings. The van der Waals surface area contributed by atoms with E-state index in [2.05, 4.69) is 16.7 Å². The SMILES string of the molecule is CCc1c(F)ccc2cc(C)cc(-c3c(Cl)cc4c(N5CC6CCC(C5)N6C(=O)OC(C)(C)C)nc(OC[C@H](C)CN5C6CCC5COC6)nc4c3F)c12. The Hall–Kier alpha value is -3.80. The molecule has 4 aliphatic heterocycles. The Morgan fingerprint density at radius 2 is 1.70 bits per heavy atom. The largest absolute Gasteiger partial charge is 0.463 e. The first-order valence-corrected chi connectivity index (χ1v) is 19.8. The van der Waals surface area contributed by atoms with E-state index in [1.807, 2.05) is 51.7 Å². The Morgan fingerprint density at radius 1 is 1.02 bits per heavy atom. The number of anilines is 1. The summed E-state index contributed by atoms with van der Waals surface area (Å²) in [5.74, 6) is -0.283. The van der Waals surface area contributed by atoms with Crippen LogP contribution in [0.5, 0.6) is 6.01 Å². The summed E-state index contributed by atoms with van der Waals surface area (Å²) in [6, 6.07) is 9.51. The van der Waals surface area contributed by atoms with E-state index in [4.69, 9.17) is 35.8 Å². The molecule has 0 radical (unpaired) electrons. The number of amides is 1. The second kappa shape index (κ2) is 14.4. The van der Waals surface area contributed by atoms with Crippen LogP contribution < -0.4 is 9.64 Å². The number of hydrogen-bond donors (Lipinski definition) is 0. The number of ether oxygens (including phenoxy) is 3.